The van der Waals surface area contributed by atoms with Crippen molar-refractivity contribution in [1.82, 2.24) is 0 Å². The molecule has 35 heavy (non-hydrogen) atoms. The molecule has 0 saturated carbocycles. The number of nitrogen functional groups attached to an aromatic ring is 2. The van der Waals surface area contributed by atoms with Crippen LogP contribution in [0.2, 0.25) is 0 Å². The average Bonchev–Trinajstić information content (AvgIpc) is 2.82. The summed E-state index contributed by atoms with van der Waals surface area (Å²) in [4.78, 5) is 0. The Morgan fingerprint density at radius 3 is 1.11 bits per heavy atom. The van der Waals surface area contributed by atoms with Crippen LogP contribution in [0.5, 0.6) is 23.0 Å². The molecule has 0 amide bonds. The molecular formula is C28H25F3N2O2. The molecule has 0 saturated heterocycles. The van der Waals surface area contributed by atoms with E-state index in [4.69, 9.17) is 20.9 Å². The van der Waals surface area contributed by atoms with Crippen molar-refractivity contribution in [3.8, 4) is 23.0 Å². The third kappa shape index (κ3) is 6.06. The lowest BCUT2D eigenvalue weighted by Gasteiger charge is -2.32. The molecule has 0 unspecified atom stereocenters. The quantitative estimate of drug-likeness (QED) is 0.267. The second-order valence-corrected chi connectivity index (χ2v) is 8.52. The predicted molar refractivity (Wildman–Crippen MR) is 132 cm³/mol. The second kappa shape index (κ2) is 9.62. The molecule has 7 heteroatoms. The molecule has 4 rings (SSSR count). The molecule has 0 aliphatic heterocycles. The maximum atomic E-state index is 13.7. The number of ether oxygens (including phenoxy) is 2. The van der Waals surface area contributed by atoms with Crippen molar-refractivity contribution in [2.24, 2.45) is 0 Å². The average molecular weight is 479 g/mol. The van der Waals surface area contributed by atoms with Crippen molar-refractivity contribution in [3.63, 3.8) is 0 Å². The number of nitrogens with two attached hydrogens (primary N) is 2. The fourth-order valence-electron chi connectivity index (χ4n) is 3.90. The Labute approximate surface area is 201 Å². The Hall–Kier alpha value is -4.13. The van der Waals surface area contributed by atoms with Crippen LogP contribution in [0.1, 0.15) is 24.5 Å². The van der Waals surface area contributed by atoms with Gasteiger partial charge in [0.05, 0.1) is 6.42 Å². The molecule has 0 atom stereocenters. The normalized spacial score (nSPS) is 11.8. The lowest BCUT2D eigenvalue weighted by molar-refractivity contribution is -0.144. The minimum absolute atomic E-state index is 0.514. The van der Waals surface area contributed by atoms with Crippen molar-refractivity contribution in [2.75, 3.05) is 11.5 Å². The van der Waals surface area contributed by atoms with Crippen molar-refractivity contribution in [2.45, 2.75) is 24.9 Å². The number of alkyl halides is 3. The zero-order valence-corrected chi connectivity index (χ0v) is 19.0. The highest BCUT2D eigenvalue weighted by Crippen LogP contribution is 2.43. The topological polar surface area (TPSA) is 70.5 Å². The van der Waals surface area contributed by atoms with E-state index < -0.39 is 18.0 Å². The van der Waals surface area contributed by atoms with Gasteiger partial charge in [-0.25, -0.2) is 0 Å². The standard InChI is InChI=1S/C28H25F3N2O2/c1-27(18-28(29,30)31,19-2-10-23(11-3-19)34-25-14-6-21(32)7-15-25)20-4-12-24(13-5-20)35-26-16-8-22(33)9-17-26/h2-17H,18,32-33H2,1H3. The molecule has 4 aromatic rings. The Bertz CT molecular complexity index is 1160. The minimum Gasteiger partial charge on any atom is -0.457 e. The molecule has 4 aromatic carbocycles. The van der Waals surface area contributed by atoms with Crippen molar-refractivity contribution >= 4 is 11.4 Å². The van der Waals surface area contributed by atoms with Gasteiger partial charge in [0, 0.05) is 16.8 Å². The summed E-state index contributed by atoms with van der Waals surface area (Å²) in [5, 5.41) is 0. The summed E-state index contributed by atoms with van der Waals surface area (Å²) in [6, 6.07) is 27.1. The van der Waals surface area contributed by atoms with Crippen LogP contribution in [0.4, 0.5) is 24.5 Å². The molecule has 0 aliphatic carbocycles. The number of rotatable bonds is 7. The summed E-state index contributed by atoms with van der Waals surface area (Å²) >= 11 is 0. The number of anilines is 2. The van der Waals surface area contributed by atoms with Crippen LogP contribution in [0.3, 0.4) is 0 Å². The molecule has 180 valence electrons. The SMILES string of the molecule is CC(CC(F)(F)F)(c1ccc(Oc2ccc(N)cc2)cc1)c1ccc(Oc2ccc(N)cc2)cc1. The first-order valence-corrected chi connectivity index (χ1v) is 11.0. The molecule has 4 N–H and O–H groups in total. The van der Waals surface area contributed by atoms with Gasteiger partial charge in [-0.2, -0.15) is 13.2 Å². The molecule has 0 radical (unpaired) electrons. The van der Waals surface area contributed by atoms with Crippen LogP contribution in [-0.4, -0.2) is 6.18 Å². The summed E-state index contributed by atoms with van der Waals surface area (Å²) in [5.41, 5.74) is 12.3. The molecule has 0 bridgehead atoms. The van der Waals surface area contributed by atoms with Gasteiger partial charge < -0.3 is 20.9 Å². The van der Waals surface area contributed by atoms with E-state index in [0.717, 1.165) is 0 Å². The Balaban J connectivity index is 1.58. The van der Waals surface area contributed by atoms with Gasteiger partial charge >= 0.3 is 6.18 Å². The zero-order valence-electron chi connectivity index (χ0n) is 19.0. The maximum absolute atomic E-state index is 13.7. The largest absolute Gasteiger partial charge is 0.457 e. The van der Waals surface area contributed by atoms with E-state index in [2.05, 4.69) is 0 Å². The fraction of sp³-hybridized carbons (Fsp3) is 0.143. The summed E-state index contributed by atoms with van der Waals surface area (Å²) in [7, 11) is 0. The van der Waals surface area contributed by atoms with Gasteiger partial charge in [-0.15, -0.1) is 0 Å². The minimum atomic E-state index is -4.37. The Kier molecular flexibility index (Phi) is 6.60. The smallest absolute Gasteiger partial charge is 0.390 e. The van der Waals surface area contributed by atoms with Crippen molar-refractivity contribution in [3.05, 3.63) is 108 Å². The van der Waals surface area contributed by atoms with Gasteiger partial charge in [-0.3, -0.25) is 0 Å². The molecular weight excluding hydrogens is 453 g/mol. The van der Waals surface area contributed by atoms with Gasteiger partial charge in [0.25, 0.3) is 0 Å². The van der Waals surface area contributed by atoms with Gasteiger partial charge in [-0.05, 0) is 83.9 Å². The zero-order chi connectivity index (χ0) is 25.1. The van der Waals surface area contributed by atoms with E-state index in [1.807, 2.05) is 0 Å². The van der Waals surface area contributed by atoms with Crippen LogP contribution in [0, 0.1) is 0 Å². The van der Waals surface area contributed by atoms with Crippen molar-refractivity contribution in [1.29, 1.82) is 0 Å². The monoisotopic (exact) mass is 478 g/mol. The highest BCUT2D eigenvalue weighted by molar-refractivity contribution is 5.47. The maximum Gasteiger partial charge on any atom is 0.390 e. The third-order valence-electron chi connectivity index (χ3n) is 5.77. The molecule has 4 nitrogen and oxygen atoms in total. The van der Waals surface area contributed by atoms with Gasteiger partial charge in [-0.1, -0.05) is 31.2 Å². The van der Waals surface area contributed by atoms with Gasteiger partial charge in [0.2, 0.25) is 0 Å². The first kappa shape index (κ1) is 24.0. The molecule has 0 heterocycles. The van der Waals surface area contributed by atoms with Crippen LogP contribution < -0.4 is 20.9 Å². The molecule has 0 aliphatic rings. The number of hydrogen-bond donors (Lipinski definition) is 2. The fourth-order valence-corrected chi connectivity index (χ4v) is 3.90. The lowest BCUT2D eigenvalue weighted by atomic mass is 9.73. The van der Waals surface area contributed by atoms with Crippen LogP contribution in [0.15, 0.2) is 97.1 Å². The van der Waals surface area contributed by atoms with Gasteiger partial charge in [0.15, 0.2) is 0 Å². The van der Waals surface area contributed by atoms with E-state index in [1.54, 1.807) is 104 Å². The number of hydrogen-bond acceptors (Lipinski definition) is 4. The van der Waals surface area contributed by atoms with E-state index in [1.165, 1.54) is 0 Å². The molecule has 0 spiro atoms. The van der Waals surface area contributed by atoms with E-state index >= 15 is 0 Å². The van der Waals surface area contributed by atoms with Crippen LogP contribution in [-0.2, 0) is 5.41 Å². The highest BCUT2D eigenvalue weighted by Gasteiger charge is 2.41. The first-order chi connectivity index (χ1) is 16.6. The first-order valence-electron chi connectivity index (χ1n) is 11.0. The van der Waals surface area contributed by atoms with Crippen LogP contribution >= 0.6 is 0 Å². The summed E-state index contributed by atoms with van der Waals surface area (Å²) in [6.07, 6.45) is -5.39. The van der Waals surface area contributed by atoms with Crippen LogP contribution in [0.25, 0.3) is 0 Å². The van der Waals surface area contributed by atoms with Crippen molar-refractivity contribution < 1.29 is 22.6 Å². The van der Waals surface area contributed by atoms with E-state index in [9.17, 15) is 13.2 Å². The summed E-state index contributed by atoms with van der Waals surface area (Å²) in [5.74, 6) is 2.20. The summed E-state index contributed by atoms with van der Waals surface area (Å²) in [6.45, 7) is 1.59. The van der Waals surface area contributed by atoms with E-state index in [-0.39, 0.29) is 0 Å². The number of benzene rings is 4. The van der Waals surface area contributed by atoms with E-state index in [0.29, 0.717) is 45.5 Å². The summed E-state index contributed by atoms with van der Waals surface area (Å²) < 4.78 is 52.5. The predicted octanol–water partition coefficient (Wildman–Crippen LogP) is 7.69. The Morgan fingerprint density at radius 1 is 0.543 bits per heavy atom. The second-order valence-electron chi connectivity index (χ2n) is 8.52. The molecule has 0 aromatic heterocycles. The third-order valence-corrected chi connectivity index (χ3v) is 5.77. The highest BCUT2D eigenvalue weighted by atomic mass is 19.4. The van der Waals surface area contributed by atoms with Gasteiger partial charge in [0.1, 0.15) is 23.0 Å². The Morgan fingerprint density at radius 2 is 0.829 bits per heavy atom. The molecule has 0 fully saturated rings. The number of halogens is 3. The lowest BCUT2D eigenvalue weighted by Crippen LogP contribution is -2.30.